The van der Waals surface area contributed by atoms with E-state index in [0.29, 0.717) is 19.8 Å². The van der Waals surface area contributed by atoms with Gasteiger partial charge in [-0.15, -0.1) is 0 Å². The van der Waals surface area contributed by atoms with E-state index in [1.165, 1.54) is 0 Å². The summed E-state index contributed by atoms with van der Waals surface area (Å²) in [6.07, 6.45) is -0.247. The van der Waals surface area contributed by atoms with E-state index in [4.69, 9.17) is 19.2 Å². The maximum Gasteiger partial charge on any atom is 0.190 e. The predicted octanol–water partition coefficient (Wildman–Crippen LogP) is 3.96. The summed E-state index contributed by atoms with van der Waals surface area (Å²) in [5.74, 6) is 2.38. The average molecular weight is 389 g/mol. The number of hydrogen-bond acceptors (Lipinski definition) is 4. The fraction of sp³-hybridized carbons (Fsp3) is 0.278. The minimum absolute atomic E-state index is 0.247. The molecule has 5 nitrogen and oxygen atoms in total. The van der Waals surface area contributed by atoms with E-state index >= 15 is 0 Å². The number of ether oxygens (including phenoxy) is 3. The van der Waals surface area contributed by atoms with Crippen molar-refractivity contribution in [3.63, 3.8) is 0 Å². The zero-order valence-electron chi connectivity index (χ0n) is 13.2. The Bertz CT molecular complexity index is 878. The zero-order chi connectivity index (χ0) is 16.5. The average Bonchev–Trinajstić information content (AvgIpc) is 2.97. The van der Waals surface area contributed by atoms with Gasteiger partial charge in [0.25, 0.3) is 0 Å². The molecule has 0 fully saturated rings. The van der Waals surface area contributed by atoms with Gasteiger partial charge in [0.05, 0.1) is 17.6 Å². The van der Waals surface area contributed by atoms with Gasteiger partial charge < -0.3 is 18.8 Å². The van der Waals surface area contributed by atoms with Gasteiger partial charge in [-0.25, -0.2) is 4.98 Å². The summed E-state index contributed by atoms with van der Waals surface area (Å²) in [4.78, 5) is 4.78. The molecular formula is C18H17BrN2O3. The van der Waals surface area contributed by atoms with Crippen molar-refractivity contribution in [1.82, 2.24) is 9.55 Å². The van der Waals surface area contributed by atoms with Crippen molar-refractivity contribution in [3.05, 3.63) is 52.8 Å². The fourth-order valence-electron chi connectivity index (χ4n) is 2.92. The topological polar surface area (TPSA) is 45.5 Å². The lowest BCUT2D eigenvalue weighted by molar-refractivity contribution is 0.0812. The Hall–Kier alpha value is -2.05. The van der Waals surface area contributed by atoms with Crippen LogP contribution in [0.1, 0.15) is 11.9 Å². The molecule has 0 amide bonds. The lowest BCUT2D eigenvalue weighted by atomic mass is 10.2. The number of rotatable bonds is 4. The first-order valence-electron chi connectivity index (χ1n) is 7.79. The fourth-order valence-corrected chi connectivity index (χ4v) is 3.27. The second-order valence-corrected chi connectivity index (χ2v) is 6.53. The molecule has 2 aromatic carbocycles. The van der Waals surface area contributed by atoms with Gasteiger partial charge in [-0.1, -0.05) is 28.1 Å². The molecule has 1 aliphatic rings. The van der Waals surface area contributed by atoms with Gasteiger partial charge in [-0.3, -0.25) is 0 Å². The number of fused-ring (bicyclic) bond motifs is 2. The predicted molar refractivity (Wildman–Crippen MR) is 94.6 cm³/mol. The molecule has 0 saturated carbocycles. The third-order valence-electron chi connectivity index (χ3n) is 4.06. The summed E-state index contributed by atoms with van der Waals surface area (Å²) in [5, 5.41) is 0. The highest BCUT2D eigenvalue weighted by atomic mass is 79.9. The van der Waals surface area contributed by atoms with Crippen LogP contribution in [-0.2, 0) is 11.3 Å². The standard InChI is InChI=1S/C18H17BrN2O3/c1-22-9-8-21-14-10-12(19)6-7-13(14)20-18(21)17-11-23-15-4-2-3-5-16(15)24-17/h2-7,10,17H,8-9,11H2,1H3. The van der Waals surface area contributed by atoms with Crippen molar-refractivity contribution >= 4 is 27.0 Å². The largest absolute Gasteiger partial charge is 0.485 e. The first kappa shape index (κ1) is 15.5. The molecule has 124 valence electrons. The van der Waals surface area contributed by atoms with Crippen LogP contribution in [0, 0.1) is 0 Å². The number of hydrogen-bond donors (Lipinski definition) is 0. The molecule has 4 rings (SSSR count). The number of aromatic nitrogens is 2. The van der Waals surface area contributed by atoms with Crippen LogP contribution < -0.4 is 9.47 Å². The van der Waals surface area contributed by atoms with Gasteiger partial charge >= 0.3 is 0 Å². The van der Waals surface area contributed by atoms with Gasteiger partial charge in [0.1, 0.15) is 6.61 Å². The molecular weight excluding hydrogens is 372 g/mol. The van der Waals surface area contributed by atoms with Crippen LogP contribution in [0.3, 0.4) is 0 Å². The normalized spacial score (nSPS) is 16.5. The number of methoxy groups -OCH3 is 1. The van der Waals surface area contributed by atoms with Crippen molar-refractivity contribution in [3.8, 4) is 11.5 Å². The maximum atomic E-state index is 6.14. The van der Waals surface area contributed by atoms with Crippen LogP contribution in [0.15, 0.2) is 46.9 Å². The lowest BCUT2D eigenvalue weighted by Crippen LogP contribution is -2.25. The van der Waals surface area contributed by atoms with Gasteiger partial charge in [0.2, 0.25) is 0 Å². The van der Waals surface area contributed by atoms with Crippen molar-refractivity contribution < 1.29 is 14.2 Å². The smallest absolute Gasteiger partial charge is 0.190 e. The Morgan fingerprint density at radius 3 is 2.92 bits per heavy atom. The van der Waals surface area contributed by atoms with Gasteiger partial charge in [-0.2, -0.15) is 0 Å². The Labute approximate surface area is 148 Å². The van der Waals surface area contributed by atoms with Crippen LogP contribution in [0.25, 0.3) is 11.0 Å². The van der Waals surface area contributed by atoms with E-state index in [9.17, 15) is 0 Å². The molecule has 2 heterocycles. The molecule has 1 unspecified atom stereocenters. The van der Waals surface area contributed by atoms with Crippen molar-refractivity contribution in [2.45, 2.75) is 12.6 Å². The van der Waals surface area contributed by atoms with Gasteiger partial charge in [0, 0.05) is 18.1 Å². The summed E-state index contributed by atoms with van der Waals surface area (Å²) in [7, 11) is 1.70. The molecule has 3 aromatic rings. The van der Waals surface area contributed by atoms with Crippen LogP contribution in [-0.4, -0.2) is 29.9 Å². The molecule has 1 aromatic heterocycles. The highest BCUT2D eigenvalue weighted by Gasteiger charge is 2.27. The van der Waals surface area contributed by atoms with Crippen LogP contribution >= 0.6 is 15.9 Å². The van der Waals surface area contributed by atoms with E-state index in [1.54, 1.807) is 7.11 Å². The van der Waals surface area contributed by atoms with E-state index in [2.05, 4.69) is 26.6 Å². The highest BCUT2D eigenvalue weighted by Crippen LogP contribution is 2.36. The Balaban J connectivity index is 1.76. The summed E-state index contributed by atoms with van der Waals surface area (Å²) >= 11 is 3.53. The number of imidazole rings is 1. The molecule has 0 bridgehead atoms. The van der Waals surface area contributed by atoms with E-state index in [-0.39, 0.29) is 6.10 Å². The molecule has 24 heavy (non-hydrogen) atoms. The highest BCUT2D eigenvalue weighted by molar-refractivity contribution is 9.10. The van der Waals surface area contributed by atoms with E-state index in [1.807, 2.05) is 36.4 Å². The summed E-state index contributed by atoms with van der Waals surface area (Å²) in [6.45, 7) is 1.75. The summed E-state index contributed by atoms with van der Waals surface area (Å²) < 4.78 is 20.4. The van der Waals surface area contributed by atoms with E-state index in [0.717, 1.165) is 32.8 Å². The molecule has 1 atom stereocenters. The van der Waals surface area contributed by atoms with E-state index < -0.39 is 0 Å². The van der Waals surface area contributed by atoms with Crippen LogP contribution in [0.4, 0.5) is 0 Å². The van der Waals surface area contributed by atoms with Crippen molar-refractivity contribution in [2.75, 3.05) is 20.3 Å². The second-order valence-electron chi connectivity index (χ2n) is 5.61. The number of para-hydroxylation sites is 2. The third-order valence-corrected chi connectivity index (χ3v) is 4.55. The quantitative estimate of drug-likeness (QED) is 0.678. The van der Waals surface area contributed by atoms with Gasteiger partial charge in [0.15, 0.2) is 23.4 Å². The van der Waals surface area contributed by atoms with Gasteiger partial charge in [-0.05, 0) is 30.3 Å². The molecule has 1 aliphatic heterocycles. The molecule has 0 N–H and O–H groups in total. The first-order chi connectivity index (χ1) is 11.8. The molecule has 0 aliphatic carbocycles. The Morgan fingerprint density at radius 1 is 1.25 bits per heavy atom. The maximum absolute atomic E-state index is 6.14. The van der Waals surface area contributed by atoms with Crippen molar-refractivity contribution in [2.24, 2.45) is 0 Å². The van der Waals surface area contributed by atoms with Crippen molar-refractivity contribution in [1.29, 1.82) is 0 Å². The number of benzene rings is 2. The minimum atomic E-state index is -0.247. The molecule has 0 saturated heterocycles. The SMILES string of the molecule is COCCn1c(C2COc3ccccc3O2)nc2ccc(Br)cc21. The molecule has 0 radical (unpaired) electrons. The molecule has 6 heteroatoms. The molecule has 0 spiro atoms. The zero-order valence-corrected chi connectivity index (χ0v) is 14.8. The summed E-state index contributed by atoms with van der Waals surface area (Å²) in [6, 6.07) is 13.8. The van der Waals surface area contributed by atoms with Crippen LogP contribution in [0.5, 0.6) is 11.5 Å². The monoisotopic (exact) mass is 388 g/mol. The number of nitrogens with zero attached hydrogens (tertiary/aromatic N) is 2. The summed E-state index contributed by atoms with van der Waals surface area (Å²) in [5.41, 5.74) is 1.99. The first-order valence-corrected chi connectivity index (χ1v) is 8.58. The van der Waals surface area contributed by atoms with Crippen LogP contribution in [0.2, 0.25) is 0 Å². The third kappa shape index (κ3) is 2.76. The number of halogens is 1. The minimum Gasteiger partial charge on any atom is -0.485 e. The second kappa shape index (κ2) is 6.45. The lowest BCUT2D eigenvalue weighted by Gasteiger charge is -2.26. The Kier molecular flexibility index (Phi) is 4.16. The Morgan fingerprint density at radius 2 is 2.08 bits per heavy atom.